The molecule has 1 amide bonds. The summed E-state index contributed by atoms with van der Waals surface area (Å²) in [4.78, 5) is 18.7. The van der Waals surface area contributed by atoms with Gasteiger partial charge in [-0.15, -0.1) is 11.3 Å². The van der Waals surface area contributed by atoms with Crippen LogP contribution in [0.25, 0.3) is 0 Å². The molecule has 1 aromatic heterocycles. The topological polar surface area (TPSA) is 77.7 Å². The summed E-state index contributed by atoms with van der Waals surface area (Å²) in [5, 5.41) is 2.97. The van der Waals surface area contributed by atoms with Crippen molar-refractivity contribution in [3.05, 3.63) is 39.8 Å². The van der Waals surface area contributed by atoms with Gasteiger partial charge in [0.05, 0.1) is 17.8 Å². The van der Waals surface area contributed by atoms with E-state index in [2.05, 4.69) is 4.98 Å². The molecule has 0 saturated carbocycles. The average Bonchev–Trinajstić information content (AvgIpc) is 3.20. The Kier molecular flexibility index (Phi) is 5.01. The zero-order valence-corrected chi connectivity index (χ0v) is 14.6. The highest BCUT2D eigenvalue weighted by Gasteiger charge is 2.25. The number of benzene rings is 1. The number of amides is 1. The minimum Gasteiger partial charge on any atom is -0.493 e. The van der Waals surface area contributed by atoms with E-state index in [0.29, 0.717) is 36.8 Å². The predicted molar refractivity (Wildman–Crippen MR) is 92.7 cm³/mol. The molecule has 2 N–H and O–H groups in total. The molecule has 128 valence electrons. The fourth-order valence-electron chi connectivity index (χ4n) is 2.70. The van der Waals surface area contributed by atoms with Gasteiger partial charge in [0.25, 0.3) is 5.91 Å². The second kappa shape index (κ2) is 7.19. The van der Waals surface area contributed by atoms with E-state index in [9.17, 15) is 4.79 Å². The number of hydrogen-bond donors (Lipinski definition) is 1. The summed E-state index contributed by atoms with van der Waals surface area (Å²) in [5.74, 6) is 1.11. The summed E-state index contributed by atoms with van der Waals surface area (Å²) in [6.45, 7) is 3.63. The van der Waals surface area contributed by atoms with E-state index in [1.165, 1.54) is 0 Å². The average molecular weight is 347 g/mol. The zero-order chi connectivity index (χ0) is 17.1. The molecule has 0 radical (unpaired) electrons. The summed E-state index contributed by atoms with van der Waals surface area (Å²) in [6, 6.07) is 5.31. The van der Waals surface area contributed by atoms with Gasteiger partial charge < -0.3 is 20.1 Å². The lowest BCUT2D eigenvalue weighted by Gasteiger charge is -2.17. The Hall–Kier alpha value is -2.12. The molecule has 2 aromatic rings. The Labute approximate surface area is 145 Å². The van der Waals surface area contributed by atoms with Crippen molar-refractivity contribution in [3.8, 4) is 11.5 Å². The van der Waals surface area contributed by atoms with Gasteiger partial charge in [-0.1, -0.05) is 0 Å². The molecule has 1 aromatic carbocycles. The smallest absolute Gasteiger partial charge is 0.254 e. The van der Waals surface area contributed by atoms with E-state index in [1.807, 2.05) is 12.3 Å². The van der Waals surface area contributed by atoms with Crippen LogP contribution in [0, 0.1) is 6.92 Å². The van der Waals surface area contributed by atoms with Crippen molar-refractivity contribution in [2.75, 3.05) is 20.2 Å². The van der Waals surface area contributed by atoms with Gasteiger partial charge in [0.15, 0.2) is 11.5 Å². The molecular weight excluding hydrogens is 326 g/mol. The van der Waals surface area contributed by atoms with Gasteiger partial charge in [-0.05, 0) is 31.5 Å². The van der Waals surface area contributed by atoms with Crippen LogP contribution in [-0.4, -0.2) is 42.0 Å². The molecule has 7 heteroatoms. The van der Waals surface area contributed by atoms with Crippen LogP contribution in [0.1, 0.15) is 27.5 Å². The van der Waals surface area contributed by atoms with Crippen molar-refractivity contribution in [1.29, 1.82) is 0 Å². The van der Waals surface area contributed by atoms with Gasteiger partial charge in [0.1, 0.15) is 6.61 Å². The number of nitrogens with zero attached hydrogens (tertiary/aromatic N) is 2. The number of likely N-dealkylation sites (tertiary alicyclic amines) is 1. The number of rotatable bonds is 5. The highest BCUT2D eigenvalue weighted by molar-refractivity contribution is 7.09. The maximum absolute atomic E-state index is 12.5. The monoisotopic (exact) mass is 347 g/mol. The van der Waals surface area contributed by atoms with Crippen molar-refractivity contribution in [2.45, 2.75) is 26.0 Å². The second-order valence-electron chi connectivity index (χ2n) is 5.81. The molecular formula is C17H21N3O3S. The van der Waals surface area contributed by atoms with Gasteiger partial charge in [-0.25, -0.2) is 4.98 Å². The number of nitrogens with two attached hydrogens (primary N) is 1. The summed E-state index contributed by atoms with van der Waals surface area (Å²) in [6.07, 6.45) is 0.844. The molecule has 0 unspecified atom stereocenters. The molecule has 3 rings (SSSR count). The largest absolute Gasteiger partial charge is 0.493 e. The normalized spacial score (nSPS) is 17.1. The highest BCUT2D eigenvalue weighted by Crippen LogP contribution is 2.29. The predicted octanol–water partition coefficient (Wildman–Crippen LogP) is 2.21. The van der Waals surface area contributed by atoms with E-state index < -0.39 is 0 Å². The maximum atomic E-state index is 12.5. The number of ether oxygens (including phenoxy) is 2. The van der Waals surface area contributed by atoms with Crippen LogP contribution in [0.2, 0.25) is 0 Å². The van der Waals surface area contributed by atoms with Gasteiger partial charge in [-0.2, -0.15) is 0 Å². The highest BCUT2D eigenvalue weighted by atomic mass is 32.1. The van der Waals surface area contributed by atoms with Crippen LogP contribution in [0.5, 0.6) is 11.5 Å². The first-order valence-corrected chi connectivity index (χ1v) is 8.71. The standard InChI is InChI=1S/C17H21N3O3S/c1-11-19-14(10-24-11)9-23-15-4-3-12(7-16(15)22-2)17(21)20-6-5-13(18)8-20/h3-4,7,10,13H,5-6,8-9,18H2,1-2H3/t13-/m0/s1. The van der Waals surface area contributed by atoms with Crippen LogP contribution in [0.4, 0.5) is 0 Å². The summed E-state index contributed by atoms with van der Waals surface area (Å²) >= 11 is 1.59. The number of aromatic nitrogens is 1. The Morgan fingerprint density at radius 3 is 2.92 bits per heavy atom. The Morgan fingerprint density at radius 2 is 2.29 bits per heavy atom. The number of carbonyl (C=O) groups excluding carboxylic acids is 1. The Balaban J connectivity index is 1.71. The van der Waals surface area contributed by atoms with E-state index in [1.54, 1.807) is 41.5 Å². The number of hydrogen-bond acceptors (Lipinski definition) is 6. The van der Waals surface area contributed by atoms with Crippen LogP contribution in [0.3, 0.4) is 0 Å². The van der Waals surface area contributed by atoms with Crippen LogP contribution in [0.15, 0.2) is 23.6 Å². The summed E-state index contributed by atoms with van der Waals surface area (Å²) in [5.41, 5.74) is 7.34. The minimum absolute atomic E-state index is 0.0251. The first-order valence-electron chi connectivity index (χ1n) is 7.83. The molecule has 2 heterocycles. The van der Waals surface area contributed by atoms with E-state index in [-0.39, 0.29) is 11.9 Å². The Bertz CT molecular complexity index is 732. The van der Waals surface area contributed by atoms with Gasteiger partial charge in [0.2, 0.25) is 0 Å². The van der Waals surface area contributed by atoms with E-state index in [4.69, 9.17) is 15.2 Å². The maximum Gasteiger partial charge on any atom is 0.254 e. The first kappa shape index (κ1) is 16.7. The van der Waals surface area contributed by atoms with Gasteiger partial charge >= 0.3 is 0 Å². The van der Waals surface area contributed by atoms with E-state index in [0.717, 1.165) is 17.1 Å². The SMILES string of the molecule is COc1cc(C(=O)N2CC[C@H](N)C2)ccc1OCc1csc(C)n1. The molecule has 1 aliphatic rings. The lowest BCUT2D eigenvalue weighted by Crippen LogP contribution is -2.31. The molecule has 1 saturated heterocycles. The van der Waals surface area contributed by atoms with E-state index >= 15 is 0 Å². The van der Waals surface area contributed by atoms with Crippen molar-refractivity contribution in [2.24, 2.45) is 5.73 Å². The molecule has 1 fully saturated rings. The minimum atomic E-state index is -0.0251. The fourth-order valence-corrected chi connectivity index (χ4v) is 3.30. The fraction of sp³-hybridized carbons (Fsp3) is 0.412. The number of aryl methyl sites for hydroxylation is 1. The molecule has 6 nitrogen and oxygen atoms in total. The third-order valence-corrected chi connectivity index (χ3v) is 4.79. The van der Waals surface area contributed by atoms with Crippen molar-refractivity contribution in [1.82, 2.24) is 9.88 Å². The summed E-state index contributed by atoms with van der Waals surface area (Å²) < 4.78 is 11.2. The molecule has 1 atom stereocenters. The molecule has 0 spiro atoms. The lowest BCUT2D eigenvalue weighted by molar-refractivity contribution is 0.0790. The van der Waals surface area contributed by atoms with Gasteiger partial charge in [0, 0.05) is 30.1 Å². The van der Waals surface area contributed by atoms with Crippen molar-refractivity contribution in [3.63, 3.8) is 0 Å². The first-order chi connectivity index (χ1) is 11.6. The summed E-state index contributed by atoms with van der Waals surface area (Å²) in [7, 11) is 1.56. The molecule has 24 heavy (non-hydrogen) atoms. The van der Waals surface area contributed by atoms with Crippen LogP contribution >= 0.6 is 11.3 Å². The zero-order valence-electron chi connectivity index (χ0n) is 13.8. The van der Waals surface area contributed by atoms with Crippen molar-refractivity contribution < 1.29 is 14.3 Å². The molecule has 1 aliphatic heterocycles. The van der Waals surface area contributed by atoms with Gasteiger partial charge in [-0.3, -0.25) is 4.79 Å². The number of carbonyl (C=O) groups is 1. The quantitative estimate of drug-likeness (QED) is 0.897. The number of methoxy groups -OCH3 is 1. The Morgan fingerprint density at radius 1 is 1.46 bits per heavy atom. The second-order valence-corrected chi connectivity index (χ2v) is 6.87. The van der Waals surface area contributed by atoms with Crippen LogP contribution < -0.4 is 15.2 Å². The third kappa shape index (κ3) is 3.68. The third-order valence-electron chi connectivity index (χ3n) is 3.96. The molecule has 0 aliphatic carbocycles. The molecule has 0 bridgehead atoms. The lowest BCUT2D eigenvalue weighted by atomic mass is 10.1. The van der Waals surface area contributed by atoms with Crippen LogP contribution in [-0.2, 0) is 6.61 Å². The van der Waals surface area contributed by atoms with Crippen molar-refractivity contribution >= 4 is 17.2 Å². The number of thiazole rings is 1.